The summed E-state index contributed by atoms with van der Waals surface area (Å²) in [6, 6.07) is 10.0. The molecule has 8 nitrogen and oxygen atoms in total. The molecule has 1 aliphatic heterocycles. The Morgan fingerprint density at radius 2 is 2.19 bits per heavy atom. The van der Waals surface area contributed by atoms with Gasteiger partial charge in [-0.15, -0.1) is 34.2 Å². The van der Waals surface area contributed by atoms with Gasteiger partial charge >= 0.3 is 0 Å². The van der Waals surface area contributed by atoms with E-state index in [1.807, 2.05) is 34.9 Å². The van der Waals surface area contributed by atoms with E-state index < -0.39 is 0 Å². The summed E-state index contributed by atoms with van der Waals surface area (Å²) in [5.41, 5.74) is 1.03. The van der Waals surface area contributed by atoms with E-state index in [0.29, 0.717) is 6.54 Å². The van der Waals surface area contributed by atoms with Crippen LogP contribution in [0, 0.1) is 0 Å². The summed E-state index contributed by atoms with van der Waals surface area (Å²) in [5, 5.41) is 14.8. The highest BCUT2D eigenvalue weighted by atomic mass is 127. The van der Waals surface area contributed by atoms with Crippen LogP contribution < -0.4 is 10.6 Å². The second-order valence-corrected chi connectivity index (χ2v) is 6.02. The van der Waals surface area contributed by atoms with E-state index >= 15 is 0 Å². The van der Waals surface area contributed by atoms with Gasteiger partial charge in [-0.05, 0) is 25.0 Å². The lowest BCUT2D eigenvalue weighted by Crippen LogP contribution is -2.38. The maximum Gasteiger partial charge on any atom is 0.191 e. The standard InChI is InChI=1S/C18H26N6O2.HI/c1-19-18(20-9-5-10-26-16-8-11-25-13-16)21-12-17-23-22-14-24(17)15-6-3-2-4-7-15;/h2-4,6-7,14,16H,5,8-13H2,1H3,(H2,19,20,21);1H. The Morgan fingerprint density at radius 1 is 1.33 bits per heavy atom. The largest absolute Gasteiger partial charge is 0.379 e. The number of rotatable bonds is 8. The van der Waals surface area contributed by atoms with E-state index in [0.717, 1.165) is 56.7 Å². The van der Waals surface area contributed by atoms with Gasteiger partial charge in [-0.3, -0.25) is 9.56 Å². The molecule has 0 spiro atoms. The Bertz CT molecular complexity index is 688. The van der Waals surface area contributed by atoms with Crippen LogP contribution in [0.1, 0.15) is 18.7 Å². The molecule has 1 aliphatic rings. The van der Waals surface area contributed by atoms with Crippen molar-refractivity contribution < 1.29 is 9.47 Å². The summed E-state index contributed by atoms with van der Waals surface area (Å²) in [7, 11) is 1.75. The number of halogens is 1. The Morgan fingerprint density at radius 3 is 2.93 bits per heavy atom. The average Bonchev–Trinajstić information content (AvgIpc) is 3.36. The van der Waals surface area contributed by atoms with Gasteiger partial charge < -0.3 is 20.1 Å². The van der Waals surface area contributed by atoms with Gasteiger partial charge in [0.15, 0.2) is 11.8 Å². The molecule has 0 aliphatic carbocycles. The van der Waals surface area contributed by atoms with E-state index in [9.17, 15) is 0 Å². The van der Waals surface area contributed by atoms with E-state index in [1.165, 1.54) is 0 Å². The van der Waals surface area contributed by atoms with Crippen molar-refractivity contribution in [2.75, 3.05) is 33.4 Å². The summed E-state index contributed by atoms with van der Waals surface area (Å²) in [5.74, 6) is 1.56. The molecule has 1 atom stereocenters. The summed E-state index contributed by atoms with van der Waals surface area (Å²) in [4.78, 5) is 4.24. The molecule has 1 saturated heterocycles. The minimum atomic E-state index is 0. The molecule has 1 aromatic heterocycles. The van der Waals surface area contributed by atoms with Crippen LogP contribution in [0.15, 0.2) is 41.7 Å². The number of ether oxygens (including phenoxy) is 2. The molecule has 2 heterocycles. The van der Waals surface area contributed by atoms with Crippen molar-refractivity contribution in [2.45, 2.75) is 25.5 Å². The number of guanidine groups is 1. The number of hydrogen-bond acceptors (Lipinski definition) is 5. The SMILES string of the molecule is CN=C(NCCCOC1CCOC1)NCc1nncn1-c1ccccc1.I. The van der Waals surface area contributed by atoms with Crippen LogP contribution in [0.5, 0.6) is 0 Å². The fourth-order valence-corrected chi connectivity index (χ4v) is 2.74. The van der Waals surface area contributed by atoms with Gasteiger partial charge in [0.05, 0.1) is 19.3 Å². The summed E-state index contributed by atoms with van der Waals surface area (Å²) >= 11 is 0. The molecule has 0 saturated carbocycles. The van der Waals surface area contributed by atoms with Crippen molar-refractivity contribution in [1.29, 1.82) is 0 Å². The normalized spacial score (nSPS) is 16.8. The van der Waals surface area contributed by atoms with Crippen molar-refractivity contribution in [3.63, 3.8) is 0 Å². The molecule has 0 bridgehead atoms. The Balaban J connectivity index is 0.00000261. The van der Waals surface area contributed by atoms with Crippen LogP contribution in [-0.2, 0) is 16.0 Å². The number of para-hydroxylation sites is 1. The number of nitrogens with zero attached hydrogens (tertiary/aromatic N) is 4. The zero-order chi connectivity index (χ0) is 18.0. The van der Waals surface area contributed by atoms with E-state index in [1.54, 1.807) is 13.4 Å². The number of hydrogen-bond donors (Lipinski definition) is 2. The quantitative estimate of drug-likeness (QED) is 0.256. The lowest BCUT2D eigenvalue weighted by molar-refractivity contribution is 0.0420. The fraction of sp³-hybridized carbons (Fsp3) is 0.500. The summed E-state index contributed by atoms with van der Waals surface area (Å²) < 4.78 is 13.0. The molecule has 27 heavy (non-hydrogen) atoms. The molecule has 1 aromatic carbocycles. The maximum atomic E-state index is 5.76. The van der Waals surface area contributed by atoms with Crippen LogP contribution in [0.25, 0.3) is 5.69 Å². The molecule has 2 N–H and O–H groups in total. The number of benzene rings is 1. The van der Waals surface area contributed by atoms with Gasteiger partial charge in [0.2, 0.25) is 0 Å². The summed E-state index contributed by atoms with van der Waals surface area (Å²) in [6.07, 6.45) is 3.89. The third-order valence-corrected chi connectivity index (χ3v) is 4.15. The zero-order valence-electron chi connectivity index (χ0n) is 15.5. The predicted octanol–water partition coefficient (Wildman–Crippen LogP) is 1.75. The maximum absolute atomic E-state index is 5.76. The van der Waals surface area contributed by atoms with Crippen LogP contribution in [-0.4, -0.2) is 60.2 Å². The minimum Gasteiger partial charge on any atom is -0.379 e. The molecule has 1 fully saturated rings. The van der Waals surface area contributed by atoms with Crippen molar-refractivity contribution in [3.05, 3.63) is 42.5 Å². The Hall–Kier alpha value is -1.72. The lowest BCUT2D eigenvalue weighted by atomic mass is 10.3. The third-order valence-electron chi connectivity index (χ3n) is 4.15. The molecule has 0 amide bonds. The second-order valence-electron chi connectivity index (χ2n) is 6.02. The van der Waals surface area contributed by atoms with Crippen molar-refractivity contribution in [3.8, 4) is 5.69 Å². The van der Waals surface area contributed by atoms with Crippen molar-refractivity contribution >= 4 is 29.9 Å². The van der Waals surface area contributed by atoms with Crippen LogP contribution in [0.3, 0.4) is 0 Å². The molecule has 0 radical (unpaired) electrons. The highest BCUT2D eigenvalue weighted by molar-refractivity contribution is 14.0. The molecular weight excluding hydrogens is 459 g/mol. The minimum absolute atomic E-state index is 0. The van der Waals surface area contributed by atoms with Gasteiger partial charge in [0.1, 0.15) is 6.33 Å². The molecular formula is C18H27IN6O2. The second kappa shape index (κ2) is 11.9. The van der Waals surface area contributed by atoms with Crippen LogP contribution in [0.4, 0.5) is 0 Å². The summed E-state index contributed by atoms with van der Waals surface area (Å²) in [6.45, 7) is 3.58. The van der Waals surface area contributed by atoms with Crippen molar-refractivity contribution in [2.24, 2.45) is 4.99 Å². The Kier molecular flexibility index (Phi) is 9.50. The van der Waals surface area contributed by atoms with Gasteiger partial charge in [-0.1, -0.05) is 18.2 Å². The highest BCUT2D eigenvalue weighted by Gasteiger charge is 2.15. The lowest BCUT2D eigenvalue weighted by Gasteiger charge is -2.13. The van der Waals surface area contributed by atoms with Crippen molar-refractivity contribution in [1.82, 2.24) is 25.4 Å². The third kappa shape index (κ3) is 6.74. The molecule has 2 aromatic rings. The smallest absolute Gasteiger partial charge is 0.191 e. The first-order valence-corrected chi connectivity index (χ1v) is 8.95. The first-order chi connectivity index (χ1) is 12.9. The zero-order valence-corrected chi connectivity index (χ0v) is 17.8. The number of aliphatic imine (C=N–C) groups is 1. The topological polar surface area (TPSA) is 85.6 Å². The van der Waals surface area contributed by atoms with E-state index in [-0.39, 0.29) is 30.1 Å². The first-order valence-electron chi connectivity index (χ1n) is 8.95. The Labute approximate surface area is 176 Å². The van der Waals surface area contributed by atoms with Gasteiger partial charge in [0, 0.05) is 32.5 Å². The van der Waals surface area contributed by atoms with Gasteiger partial charge in [-0.25, -0.2) is 0 Å². The van der Waals surface area contributed by atoms with E-state index in [2.05, 4.69) is 25.8 Å². The molecule has 148 valence electrons. The first kappa shape index (κ1) is 21.6. The molecule has 9 heteroatoms. The van der Waals surface area contributed by atoms with Crippen LogP contribution >= 0.6 is 24.0 Å². The van der Waals surface area contributed by atoms with Crippen LogP contribution in [0.2, 0.25) is 0 Å². The molecule has 3 rings (SSSR count). The highest BCUT2D eigenvalue weighted by Crippen LogP contribution is 2.09. The van der Waals surface area contributed by atoms with E-state index in [4.69, 9.17) is 9.47 Å². The molecule has 1 unspecified atom stereocenters. The monoisotopic (exact) mass is 486 g/mol. The average molecular weight is 486 g/mol. The number of aromatic nitrogens is 3. The number of nitrogens with one attached hydrogen (secondary N) is 2. The van der Waals surface area contributed by atoms with Gasteiger partial charge in [0.25, 0.3) is 0 Å². The fourth-order valence-electron chi connectivity index (χ4n) is 2.74. The van der Waals surface area contributed by atoms with Gasteiger partial charge in [-0.2, -0.15) is 0 Å². The predicted molar refractivity (Wildman–Crippen MR) is 115 cm³/mol.